The molecule has 11 heteroatoms. The molecule has 3 unspecified atom stereocenters. The maximum Gasteiger partial charge on any atom is 0.298 e. The summed E-state index contributed by atoms with van der Waals surface area (Å²) in [5.74, 6) is 0.926. The van der Waals surface area contributed by atoms with Crippen LogP contribution in [0.2, 0.25) is 0 Å². The smallest absolute Gasteiger partial charge is 0.298 e. The molecule has 0 saturated carbocycles. The van der Waals surface area contributed by atoms with Gasteiger partial charge in [-0.15, -0.1) is 11.3 Å². The molecule has 3 aliphatic heterocycles. The molecule has 3 saturated heterocycles. The molecule has 0 amide bonds. The second-order valence-corrected chi connectivity index (χ2v) is 9.72. The van der Waals surface area contributed by atoms with Crippen molar-refractivity contribution in [1.29, 1.82) is 0 Å². The van der Waals surface area contributed by atoms with Gasteiger partial charge in [0.05, 0.1) is 11.3 Å². The summed E-state index contributed by atoms with van der Waals surface area (Å²) < 4.78 is 32.3. The second-order valence-electron chi connectivity index (χ2n) is 7.90. The molecule has 3 fully saturated rings. The van der Waals surface area contributed by atoms with Gasteiger partial charge in [0.15, 0.2) is 27.9 Å². The van der Waals surface area contributed by atoms with Crippen molar-refractivity contribution in [1.82, 2.24) is 20.3 Å². The zero-order valence-electron chi connectivity index (χ0n) is 16.8. The van der Waals surface area contributed by atoms with Crippen molar-refractivity contribution in [2.75, 3.05) is 18.0 Å². The van der Waals surface area contributed by atoms with Crippen LogP contribution in [-0.4, -0.2) is 48.9 Å². The molecule has 2 N–H and O–H groups in total. The monoisotopic (exact) mass is 469 g/mol. The molecule has 3 atom stereocenters. The number of hydrogen-bond acceptors (Lipinski definition) is 9. The molecule has 164 valence electrons. The standard InChI is InChI=1S/C21H19N5O4S2/c27-32(28)11-12-1-4-17(23-8-12)29-16-3-2-15(20-22-5-6-31-20)19-18(16)25-21(30-19)26-9-13-7-14(10-26)24-13/h1-6,8,13-14,24H,7,9-11H2,(H,27,28). The average Bonchev–Trinajstić information content (AvgIpc) is 3.45. The first-order valence-electron chi connectivity index (χ1n) is 10.2. The lowest BCUT2D eigenvalue weighted by Gasteiger charge is -2.47. The molecule has 32 heavy (non-hydrogen) atoms. The van der Waals surface area contributed by atoms with Gasteiger partial charge in [-0.25, -0.2) is 14.2 Å². The highest BCUT2D eigenvalue weighted by Crippen LogP contribution is 2.39. The van der Waals surface area contributed by atoms with Crippen molar-refractivity contribution >= 4 is 39.5 Å². The minimum absolute atomic E-state index is 0.0271. The number of oxazole rings is 1. The molecule has 0 spiro atoms. The third-order valence-electron chi connectivity index (χ3n) is 5.65. The third kappa shape index (κ3) is 3.66. The van der Waals surface area contributed by atoms with E-state index in [1.165, 1.54) is 24.0 Å². The summed E-state index contributed by atoms with van der Waals surface area (Å²) in [5.41, 5.74) is 2.77. The SMILES string of the molecule is O=S(O)Cc1ccc(Oc2ccc(-c3nccs3)c3oc(N4CC5CC(C4)N5)nc23)nc1. The number of nitrogens with zero attached hydrogens (tertiary/aromatic N) is 4. The summed E-state index contributed by atoms with van der Waals surface area (Å²) >= 11 is -0.375. The van der Waals surface area contributed by atoms with Crippen molar-refractivity contribution < 1.29 is 17.9 Å². The summed E-state index contributed by atoms with van der Waals surface area (Å²) in [7, 11) is 0. The molecule has 0 radical (unpaired) electrons. The van der Waals surface area contributed by atoms with Gasteiger partial charge in [-0.2, -0.15) is 4.98 Å². The highest BCUT2D eigenvalue weighted by Gasteiger charge is 2.38. The van der Waals surface area contributed by atoms with E-state index in [1.54, 1.807) is 18.3 Å². The largest absolute Gasteiger partial charge is 0.437 e. The fourth-order valence-electron chi connectivity index (χ4n) is 4.20. The molecule has 2 bridgehead atoms. The number of rotatable bonds is 6. The molecule has 7 rings (SSSR count). The molecule has 6 heterocycles. The van der Waals surface area contributed by atoms with Gasteiger partial charge in [0.1, 0.15) is 5.01 Å². The van der Waals surface area contributed by atoms with Crippen molar-refractivity contribution in [2.45, 2.75) is 24.3 Å². The van der Waals surface area contributed by atoms with E-state index in [0.717, 1.165) is 23.7 Å². The number of piperidine rings is 1. The van der Waals surface area contributed by atoms with E-state index >= 15 is 0 Å². The van der Waals surface area contributed by atoms with E-state index in [-0.39, 0.29) is 5.75 Å². The van der Waals surface area contributed by atoms with Crippen LogP contribution in [-0.2, 0) is 16.8 Å². The van der Waals surface area contributed by atoms with E-state index in [4.69, 9.17) is 18.7 Å². The fraction of sp³-hybridized carbons (Fsp3) is 0.286. The molecule has 3 aliphatic rings. The molecule has 0 aliphatic carbocycles. The summed E-state index contributed by atoms with van der Waals surface area (Å²) in [5, 5.41) is 6.30. The lowest BCUT2D eigenvalue weighted by molar-refractivity contribution is 0.220. The normalized spacial score (nSPS) is 20.8. The van der Waals surface area contributed by atoms with Gasteiger partial charge in [-0.3, -0.25) is 0 Å². The van der Waals surface area contributed by atoms with Gasteiger partial charge < -0.3 is 23.9 Å². The maximum atomic E-state index is 11.0. The Morgan fingerprint density at radius 3 is 2.78 bits per heavy atom. The number of hydrogen-bond donors (Lipinski definition) is 2. The highest BCUT2D eigenvalue weighted by molar-refractivity contribution is 7.78. The van der Waals surface area contributed by atoms with Crippen LogP contribution >= 0.6 is 11.3 Å². The number of anilines is 1. The van der Waals surface area contributed by atoms with Gasteiger partial charge in [-0.05, 0) is 24.1 Å². The Hall–Kier alpha value is -2.86. The van der Waals surface area contributed by atoms with Crippen molar-refractivity contribution in [3.8, 4) is 22.2 Å². The fourth-order valence-corrected chi connectivity index (χ4v) is 5.31. The number of benzene rings is 1. The van der Waals surface area contributed by atoms with Crippen LogP contribution in [0.1, 0.15) is 12.0 Å². The minimum atomic E-state index is -1.91. The van der Waals surface area contributed by atoms with E-state index in [1.807, 2.05) is 17.5 Å². The van der Waals surface area contributed by atoms with E-state index < -0.39 is 11.1 Å². The Morgan fingerprint density at radius 2 is 2.09 bits per heavy atom. The molecule has 3 aromatic heterocycles. The number of nitrogens with one attached hydrogen (secondary N) is 1. The minimum Gasteiger partial charge on any atom is -0.437 e. The first-order chi connectivity index (χ1) is 15.6. The number of piperazine rings is 1. The summed E-state index contributed by atoms with van der Waals surface area (Å²) in [4.78, 5) is 15.7. The lowest BCUT2D eigenvalue weighted by Crippen LogP contribution is -2.67. The van der Waals surface area contributed by atoms with Gasteiger partial charge in [0.2, 0.25) is 5.88 Å². The molecule has 1 aromatic carbocycles. The topological polar surface area (TPSA) is 114 Å². The number of thiazole rings is 1. The van der Waals surface area contributed by atoms with Crippen LogP contribution < -0.4 is 15.0 Å². The second kappa shape index (κ2) is 7.93. The number of aromatic nitrogens is 3. The number of pyridine rings is 1. The number of ether oxygens (including phenoxy) is 1. The predicted octanol–water partition coefficient (Wildman–Crippen LogP) is 3.41. The van der Waals surface area contributed by atoms with Crippen LogP contribution in [0.25, 0.3) is 21.7 Å². The molecule has 4 aromatic rings. The van der Waals surface area contributed by atoms with Gasteiger partial charge in [-0.1, -0.05) is 6.07 Å². The van der Waals surface area contributed by atoms with E-state index in [2.05, 4.69) is 20.2 Å². The van der Waals surface area contributed by atoms with E-state index in [9.17, 15) is 4.21 Å². The lowest BCUT2D eigenvalue weighted by atomic mass is 9.92. The molecular formula is C21H19N5O4S2. The average molecular weight is 470 g/mol. The first kappa shape index (κ1) is 19.8. The molecule has 9 nitrogen and oxygen atoms in total. The van der Waals surface area contributed by atoms with Gasteiger partial charge >= 0.3 is 0 Å². The van der Waals surface area contributed by atoms with Crippen LogP contribution in [0.15, 0.2) is 46.5 Å². The number of fused-ring (bicyclic) bond motifs is 3. The van der Waals surface area contributed by atoms with Crippen LogP contribution in [0, 0.1) is 0 Å². The Labute approximate surface area is 189 Å². The third-order valence-corrected chi connectivity index (χ3v) is 7.04. The zero-order valence-corrected chi connectivity index (χ0v) is 18.4. The van der Waals surface area contributed by atoms with Gasteiger partial charge in [0, 0.05) is 49.0 Å². The Bertz CT molecular complexity index is 1280. The Balaban J connectivity index is 1.37. The van der Waals surface area contributed by atoms with Crippen LogP contribution in [0.4, 0.5) is 6.01 Å². The highest BCUT2D eigenvalue weighted by atomic mass is 32.2. The quantitative estimate of drug-likeness (QED) is 0.410. The first-order valence-corrected chi connectivity index (χ1v) is 12.3. The summed E-state index contributed by atoms with van der Waals surface area (Å²) in [6.45, 7) is 1.72. The summed E-state index contributed by atoms with van der Waals surface area (Å²) in [6.07, 6.45) is 4.50. The van der Waals surface area contributed by atoms with Crippen molar-refractivity contribution in [3.05, 3.63) is 47.6 Å². The van der Waals surface area contributed by atoms with Crippen LogP contribution in [0.5, 0.6) is 11.6 Å². The van der Waals surface area contributed by atoms with E-state index in [0.29, 0.717) is 46.4 Å². The Kier molecular flexibility index (Phi) is 4.90. The Morgan fingerprint density at radius 1 is 1.25 bits per heavy atom. The zero-order chi connectivity index (χ0) is 21.7. The molecular weight excluding hydrogens is 450 g/mol. The van der Waals surface area contributed by atoms with Crippen molar-refractivity contribution in [3.63, 3.8) is 0 Å². The van der Waals surface area contributed by atoms with Gasteiger partial charge in [0.25, 0.3) is 6.01 Å². The van der Waals surface area contributed by atoms with Crippen LogP contribution in [0.3, 0.4) is 0 Å². The summed E-state index contributed by atoms with van der Waals surface area (Å²) in [6, 6.07) is 8.71. The van der Waals surface area contributed by atoms with Crippen molar-refractivity contribution in [2.24, 2.45) is 0 Å². The predicted molar refractivity (Wildman–Crippen MR) is 121 cm³/mol. The maximum absolute atomic E-state index is 11.0.